The summed E-state index contributed by atoms with van der Waals surface area (Å²) in [6.07, 6.45) is 5.64. The van der Waals surface area contributed by atoms with Crippen LogP contribution in [-0.2, 0) is 16.1 Å². The lowest BCUT2D eigenvalue weighted by Crippen LogP contribution is -2.43. The molecule has 41 heavy (non-hydrogen) atoms. The summed E-state index contributed by atoms with van der Waals surface area (Å²) >= 11 is 1.58. The van der Waals surface area contributed by atoms with Crippen LogP contribution in [0.25, 0.3) is 10.2 Å². The maximum absolute atomic E-state index is 13.8. The van der Waals surface area contributed by atoms with E-state index < -0.39 is 0 Å². The Hall–Kier alpha value is -3.95. The highest BCUT2D eigenvalue weighted by atomic mass is 32.1. The number of thiazole rings is 1. The van der Waals surface area contributed by atoms with Crippen LogP contribution in [0.1, 0.15) is 37.9 Å². The third-order valence-electron chi connectivity index (χ3n) is 7.04. The summed E-state index contributed by atoms with van der Waals surface area (Å²) in [5, 5.41) is 4.24. The van der Waals surface area contributed by atoms with Crippen LogP contribution in [0.3, 0.4) is 0 Å². The summed E-state index contributed by atoms with van der Waals surface area (Å²) in [6.45, 7) is 9.94. The first kappa shape index (κ1) is 28.6. The van der Waals surface area contributed by atoms with E-state index in [4.69, 9.17) is 14.5 Å². The van der Waals surface area contributed by atoms with E-state index >= 15 is 0 Å². The van der Waals surface area contributed by atoms with Gasteiger partial charge in [0.1, 0.15) is 12.4 Å². The number of benzene rings is 2. The standard InChI is InChI=1S/C32H37N5O3S/c1-4-6-15-37(31(38)28(5-2)36-16-18-39-19-17-36)26-11-12-27-30(21-26)41-32(35-27)34-24-10-13-29(23(3)20-24)40-22-25-9-7-8-14-33-25/h5,7-14,20-21H,4,6,15-19,22H2,1-3H3,(H,34,35)/b28-5+. The van der Waals surface area contributed by atoms with Gasteiger partial charge >= 0.3 is 0 Å². The maximum Gasteiger partial charge on any atom is 0.274 e. The number of allylic oxidation sites excluding steroid dienone is 1. The van der Waals surface area contributed by atoms with Crippen LogP contribution < -0.4 is 15.0 Å². The monoisotopic (exact) mass is 571 g/mol. The van der Waals surface area contributed by atoms with Crippen molar-refractivity contribution in [3.05, 3.63) is 83.8 Å². The molecule has 1 saturated heterocycles. The van der Waals surface area contributed by atoms with Crippen LogP contribution in [-0.4, -0.2) is 53.6 Å². The molecule has 8 nitrogen and oxygen atoms in total. The fourth-order valence-corrected chi connectivity index (χ4v) is 5.75. The molecule has 0 atom stereocenters. The molecular formula is C32H37N5O3S. The minimum Gasteiger partial charge on any atom is -0.487 e. The lowest BCUT2D eigenvalue weighted by Gasteiger charge is -2.33. The van der Waals surface area contributed by atoms with Gasteiger partial charge in [0.25, 0.3) is 5.91 Å². The molecule has 1 aliphatic rings. The molecule has 0 aliphatic carbocycles. The van der Waals surface area contributed by atoms with E-state index in [1.54, 1.807) is 17.5 Å². The fraction of sp³-hybridized carbons (Fsp3) is 0.344. The highest BCUT2D eigenvalue weighted by molar-refractivity contribution is 7.22. The summed E-state index contributed by atoms with van der Waals surface area (Å²) in [5.74, 6) is 0.857. The third-order valence-corrected chi connectivity index (χ3v) is 7.97. The van der Waals surface area contributed by atoms with E-state index in [9.17, 15) is 4.79 Å². The number of nitrogens with one attached hydrogen (secondary N) is 1. The van der Waals surface area contributed by atoms with Crippen LogP contribution in [0.15, 0.2) is 72.6 Å². The van der Waals surface area contributed by atoms with E-state index in [0.29, 0.717) is 26.4 Å². The van der Waals surface area contributed by atoms with Crippen molar-refractivity contribution in [2.75, 3.05) is 43.1 Å². The third kappa shape index (κ3) is 7.04. The zero-order chi connectivity index (χ0) is 28.6. The Bertz CT molecular complexity index is 1500. The van der Waals surface area contributed by atoms with Crippen molar-refractivity contribution in [3.63, 3.8) is 0 Å². The van der Waals surface area contributed by atoms with Gasteiger partial charge in [0.2, 0.25) is 0 Å². The summed E-state index contributed by atoms with van der Waals surface area (Å²) in [6, 6.07) is 17.9. The Kier molecular flexibility index (Phi) is 9.48. The van der Waals surface area contributed by atoms with Crippen molar-refractivity contribution in [3.8, 4) is 5.75 Å². The lowest BCUT2D eigenvalue weighted by molar-refractivity contribution is -0.117. The number of anilines is 3. The van der Waals surface area contributed by atoms with Gasteiger partial charge in [-0.1, -0.05) is 36.8 Å². The highest BCUT2D eigenvalue weighted by Crippen LogP contribution is 2.33. The summed E-state index contributed by atoms with van der Waals surface area (Å²) in [5.41, 5.74) is 5.38. The molecule has 214 valence electrons. The van der Waals surface area contributed by atoms with E-state index in [-0.39, 0.29) is 5.91 Å². The van der Waals surface area contributed by atoms with Crippen LogP contribution in [0.2, 0.25) is 0 Å². The molecule has 1 amide bonds. The number of hydrogen-bond acceptors (Lipinski definition) is 8. The molecule has 1 N–H and O–H groups in total. The van der Waals surface area contributed by atoms with Gasteiger partial charge in [0.15, 0.2) is 5.13 Å². The number of fused-ring (bicyclic) bond motifs is 1. The fourth-order valence-electron chi connectivity index (χ4n) is 4.83. The average molecular weight is 572 g/mol. The molecule has 9 heteroatoms. The Morgan fingerprint density at radius 2 is 2.02 bits per heavy atom. The predicted octanol–water partition coefficient (Wildman–Crippen LogP) is 6.69. The Balaban J connectivity index is 1.31. The van der Waals surface area contributed by atoms with E-state index in [1.807, 2.05) is 67.3 Å². The number of aryl methyl sites for hydroxylation is 1. The summed E-state index contributed by atoms with van der Waals surface area (Å²) < 4.78 is 12.5. The molecule has 0 spiro atoms. The molecule has 2 aromatic carbocycles. The molecule has 5 rings (SSSR count). The van der Waals surface area contributed by atoms with Crippen molar-refractivity contribution in [1.82, 2.24) is 14.9 Å². The SMILES string of the molecule is C/C=C(\C(=O)N(CCCC)c1ccc2nc(Nc3ccc(OCc4ccccn4)c(C)c3)sc2c1)N1CCOCC1. The normalized spacial score (nSPS) is 13.8. The zero-order valence-electron chi connectivity index (χ0n) is 23.9. The second-order valence-electron chi connectivity index (χ2n) is 9.97. The minimum absolute atomic E-state index is 0.0332. The second-order valence-corrected chi connectivity index (χ2v) is 11.0. The van der Waals surface area contributed by atoms with Crippen molar-refractivity contribution in [2.45, 2.75) is 40.2 Å². The van der Waals surface area contributed by atoms with Crippen molar-refractivity contribution < 1.29 is 14.3 Å². The molecule has 0 bridgehead atoms. The Morgan fingerprint density at radius 3 is 2.76 bits per heavy atom. The van der Waals surface area contributed by atoms with E-state index in [1.165, 1.54) is 0 Å². The second kappa shape index (κ2) is 13.6. The van der Waals surface area contributed by atoms with Gasteiger partial charge < -0.3 is 24.6 Å². The van der Waals surface area contributed by atoms with E-state index in [0.717, 1.165) is 75.4 Å². The van der Waals surface area contributed by atoms with E-state index in [2.05, 4.69) is 34.3 Å². The molecule has 0 radical (unpaired) electrons. The summed E-state index contributed by atoms with van der Waals surface area (Å²) in [7, 11) is 0. The highest BCUT2D eigenvalue weighted by Gasteiger charge is 2.25. The minimum atomic E-state index is 0.0332. The number of hydrogen-bond donors (Lipinski definition) is 1. The van der Waals surface area contributed by atoms with Crippen molar-refractivity contribution in [2.24, 2.45) is 0 Å². The number of aromatic nitrogens is 2. The first-order valence-electron chi connectivity index (χ1n) is 14.2. The lowest BCUT2D eigenvalue weighted by atomic mass is 10.2. The largest absolute Gasteiger partial charge is 0.487 e. The molecule has 4 aromatic rings. The van der Waals surface area contributed by atoms with Gasteiger partial charge in [-0.05, 0) is 74.4 Å². The molecule has 3 heterocycles. The predicted molar refractivity (Wildman–Crippen MR) is 166 cm³/mol. The zero-order valence-corrected chi connectivity index (χ0v) is 24.7. The number of pyridine rings is 1. The number of ether oxygens (including phenoxy) is 2. The first-order valence-corrected chi connectivity index (χ1v) is 15.0. The number of amides is 1. The molecule has 2 aromatic heterocycles. The van der Waals surface area contributed by atoms with Crippen LogP contribution in [0.5, 0.6) is 5.75 Å². The first-order chi connectivity index (χ1) is 20.1. The van der Waals surface area contributed by atoms with Crippen LogP contribution in [0.4, 0.5) is 16.5 Å². The van der Waals surface area contributed by atoms with Crippen LogP contribution in [0, 0.1) is 6.92 Å². The molecule has 1 fully saturated rings. The number of unbranched alkanes of at least 4 members (excludes halogenated alkanes) is 1. The topological polar surface area (TPSA) is 79.8 Å². The van der Waals surface area contributed by atoms with Gasteiger partial charge in [0, 0.05) is 37.2 Å². The van der Waals surface area contributed by atoms with Gasteiger partial charge in [-0.15, -0.1) is 0 Å². The number of carbonyl (C=O) groups excluding carboxylic acids is 1. The molecule has 1 aliphatic heterocycles. The average Bonchev–Trinajstić information content (AvgIpc) is 3.40. The Morgan fingerprint density at radius 1 is 1.17 bits per heavy atom. The maximum atomic E-state index is 13.8. The number of nitrogens with zero attached hydrogens (tertiary/aromatic N) is 4. The molecule has 0 saturated carbocycles. The van der Waals surface area contributed by atoms with Gasteiger partial charge in [0.05, 0.1) is 34.8 Å². The van der Waals surface area contributed by atoms with Gasteiger partial charge in [-0.2, -0.15) is 0 Å². The van der Waals surface area contributed by atoms with Gasteiger partial charge in [-0.25, -0.2) is 4.98 Å². The van der Waals surface area contributed by atoms with Crippen LogP contribution >= 0.6 is 11.3 Å². The smallest absolute Gasteiger partial charge is 0.274 e. The number of rotatable bonds is 11. The quantitative estimate of drug-likeness (QED) is 0.201. The van der Waals surface area contributed by atoms with Gasteiger partial charge in [-0.3, -0.25) is 9.78 Å². The van der Waals surface area contributed by atoms with Crippen molar-refractivity contribution >= 4 is 44.0 Å². The number of morpholine rings is 1. The molecular weight excluding hydrogens is 534 g/mol. The number of carbonyl (C=O) groups is 1. The summed E-state index contributed by atoms with van der Waals surface area (Å²) in [4.78, 5) is 26.9. The van der Waals surface area contributed by atoms with Crippen molar-refractivity contribution in [1.29, 1.82) is 0 Å². The molecule has 0 unspecified atom stereocenters. The Labute approximate surface area is 245 Å².